The highest BCUT2D eigenvalue weighted by Crippen LogP contribution is 2.04. The van der Waals surface area contributed by atoms with Crippen LogP contribution in [0.5, 0.6) is 0 Å². The van der Waals surface area contributed by atoms with Gasteiger partial charge in [0.15, 0.2) is 0 Å². The van der Waals surface area contributed by atoms with Gasteiger partial charge in [-0.25, -0.2) is 0 Å². The second-order valence-corrected chi connectivity index (χ2v) is 2.48. The smallest absolute Gasteiger partial charge is 0.211 e. The van der Waals surface area contributed by atoms with E-state index in [1.165, 1.54) is 6.92 Å². The van der Waals surface area contributed by atoms with Gasteiger partial charge in [0, 0.05) is 24.2 Å². The molecule has 0 aromatic carbocycles. The maximum Gasteiger partial charge on any atom is 0.211 e. The summed E-state index contributed by atoms with van der Waals surface area (Å²) >= 11 is 0. The summed E-state index contributed by atoms with van der Waals surface area (Å²) in [5, 5.41) is 10.0. The maximum absolute atomic E-state index is 10.0. The van der Waals surface area contributed by atoms with Crippen molar-refractivity contribution in [1.29, 1.82) is 0 Å². The van der Waals surface area contributed by atoms with Crippen molar-refractivity contribution in [2.45, 2.75) is 26.3 Å². The topological polar surface area (TPSA) is 60.2 Å². The lowest BCUT2D eigenvalue weighted by Gasteiger charge is -2.03. The minimum absolute atomic E-state index is 0.208. The SMILES string of the molecule is CC(C=O)CC(C)[N+](=O)[O-]. The van der Waals surface area contributed by atoms with Crippen molar-refractivity contribution in [1.82, 2.24) is 0 Å². The predicted octanol–water partition coefficient (Wildman–Crippen LogP) is 0.877. The van der Waals surface area contributed by atoms with Crippen molar-refractivity contribution in [3.63, 3.8) is 0 Å². The van der Waals surface area contributed by atoms with E-state index in [0.717, 1.165) is 6.29 Å². The van der Waals surface area contributed by atoms with Crippen LogP contribution in [-0.4, -0.2) is 17.3 Å². The molecule has 0 bridgehead atoms. The van der Waals surface area contributed by atoms with Crippen LogP contribution >= 0.6 is 0 Å². The van der Waals surface area contributed by atoms with Crippen LogP contribution in [-0.2, 0) is 4.79 Å². The third-order valence-corrected chi connectivity index (χ3v) is 1.31. The van der Waals surface area contributed by atoms with E-state index in [4.69, 9.17) is 0 Å². The number of nitrogens with zero attached hydrogens (tertiary/aromatic N) is 1. The molecule has 0 aliphatic heterocycles. The van der Waals surface area contributed by atoms with E-state index in [9.17, 15) is 14.9 Å². The molecule has 4 heteroatoms. The molecule has 0 spiro atoms. The van der Waals surface area contributed by atoms with E-state index in [1.807, 2.05) is 0 Å². The molecule has 0 aliphatic rings. The zero-order valence-corrected chi connectivity index (χ0v) is 6.11. The summed E-state index contributed by atoms with van der Waals surface area (Å²) in [7, 11) is 0. The number of carbonyl (C=O) groups is 1. The van der Waals surface area contributed by atoms with Crippen LogP contribution in [0.25, 0.3) is 0 Å². The molecule has 0 aromatic heterocycles. The molecule has 0 saturated carbocycles. The molecule has 0 aliphatic carbocycles. The van der Waals surface area contributed by atoms with E-state index < -0.39 is 6.04 Å². The van der Waals surface area contributed by atoms with Gasteiger partial charge in [0.25, 0.3) is 0 Å². The van der Waals surface area contributed by atoms with Crippen molar-refractivity contribution < 1.29 is 9.72 Å². The summed E-state index contributed by atoms with van der Waals surface area (Å²) in [4.78, 5) is 19.7. The molecule has 58 valence electrons. The normalized spacial score (nSPS) is 15.8. The standard InChI is InChI=1S/C6H11NO3/c1-5(4-8)3-6(2)7(9)10/h4-6H,3H2,1-2H3. The Morgan fingerprint density at radius 2 is 2.10 bits per heavy atom. The Kier molecular flexibility index (Phi) is 3.61. The van der Waals surface area contributed by atoms with Crippen molar-refractivity contribution >= 4 is 6.29 Å². The molecular formula is C6H11NO3. The Bertz CT molecular complexity index is 135. The van der Waals surface area contributed by atoms with Crippen molar-refractivity contribution in [3.8, 4) is 0 Å². The van der Waals surface area contributed by atoms with E-state index in [0.29, 0.717) is 6.42 Å². The zero-order chi connectivity index (χ0) is 8.15. The molecule has 0 aromatic rings. The highest BCUT2D eigenvalue weighted by Gasteiger charge is 2.15. The molecule has 0 radical (unpaired) electrons. The Morgan fingerprint density at radius 1 is 1.60 bits per heavy atom. The van der Waals surface area contributed by atoms with Gasteiger partial charge in [-0.1, -0.05) is 6.92 Å². The molecule has 2 unspecified atom stereocenters. The second kappa shape index (κ2) is 3.98. The Hall–Kier alpha value is -0.930. The second-order valence-electron chi connectivity index (χ2n) is 2.48. The van der Waals surface area contributed by atoms with Crippen molar-refractivity contribution in [2.24, 2.45) is 5.92 Å². The summed E-state index contributed by atoms with van der Waals surface area (Å²) < 4.78 is 0. The van der Waals surface area contributed by atoms with E-state index in [-0.39, 0.29) is 10.8 Å². The third kappa shape index (κ3) is 3.17. The third-order valence-electron chi connectivity index (χ3n) is 1.31. The van der Waals surface area contributed by atoms with Gasteiger partial charge in [-0.15, -0.1) is 0 Å². The number of carbonyl (C=O) groups excluding carboxylic acids is 1. The first kappa shape index (κ1) is 9.07. The van der Waals surface area contributed by atoms with Crippen LogP contribution < -0.4 is 0 Å². The number of rotatable bonds is 4. The molecule has 0 amide bonds. The highest BCUT2D eigenvalue weighted by atomic mass is 16.6. The molecule has 10 heavy (non-hydrogen) atoms. The fourth-order valence-electron chi connectivity index (χ4n) is 0.680. The lowest BCUT2D eigenvalue weighted by molar-refractivity contribution is -0.519. The number of aldehydes is 1. The lowest BCUT2D eigenvalue weighted by Crippen LogP contribution is -2.18. The Labute approximate surface area is 59.4 Å². The van der Waals surface area contributed by atoms with Gasteiger partial charge in [0.2, 0.25) is 6.04 Å². The molecular weight excluding hydrogens is 134 g/mol. The fraction of sp³-hybridized carbons (Fsp3) is 0.833. The van der Waals surface area contributed by atoms with Gasteiger partial charge >= 0.3 is 0 Å². The van der Waals surface area contributed by atoms with E-state index >= 15 is 0 Å². The van der Waals surface area contributed by atoms with Crippen molar-refractivity contribution in [3.05, 3.63) is 10.1 Å². The zero-order valence-electron chi connectivity index (χ0n) is 6.11. The minimum atomic E-state index is -0.611. The predicted molar refractivity (Wildman–Crippen MR) is 36.3 cm³/mol. The molecule has 0 N–H and O–H groups in total. The van der Waals surface area contributed by atoms with Crippen LogP contribution in [0, 0.1) is 16.0 Å². The van der Waals surface area contributed by atoms with Crippen LogP contribution in [0.4, 0.5) is 0 Å². The van der Waals surface area contributed by atoms with Gasteiger partial charge in [-0.2, -0.15) is 0 Å². The Morgan fingerprint density at radius 3 is 2.40 bits per heavy atom. The maximum atomic E-state index is 10.0. The monoisotopic (exact) mass is 145 g/mol. The fourth-order valence-corrected chi connectivity index (χ4v) is 0.680. The van der Waals surface area contributed by atoms with Crippen LogP contribution in [0.3, 0.4) is 0 Å². The molecule has 0 heterocycles. The van der Waals surface area contributed by atoms with Gasteiger partial charge in [-0.05, 0) is 0 Å². The summed E-state index contributed by atoms with van der Waals surface area (Å²) in [5.41, 5.74) is 0. The molecule has 2 atom stereocenters. The van der Waals surface area contributed by atoms with Gasteiger partial charge in [0.05, 0.1) is 0 Å². The minimum Gasteiger partial charge on any atom is -0.303 e. The quantitative estimate of drug-likeness (QED) is 0.335. The van der Waals surface area contributed by atoms with Gasteiger partial charge < -0.3 is 4.79 Å². The highest BCUT2D eigenvalue weighted by molar-refractivity contribution is 5.52. The number of hydrogen-bond acceptors (Lipinski definition) is 3. The van der Waals surface area contributed by atoms with E-state index in [1.54, 1.807) is 6.92 Å². The summed E-state index contributed by atoms with van der Waals surface area (Å²) in [5.74, 6) is -0.208. The van der Waals surface area contributed by atoms with Crippen molar-refractivity contribution in [2.75, 3.05) is 0 Å². The largest absolute Gasteiger partial charge is 0.303 e. The van der Waals surface area contributed by atoms with Gasteiger partial charge in [0.1, 0.15) is 6.29 Å². The molecule has 0 rings (SSSR count). The summed E-state index contributed by atoms with van der Waals surface area (Å²) in [6, 6.07) is -0.611. The van der Waals surface area contributed by atoms with Gasteiger partial charge in [-0.3, -0.25) is 10.1 Å². The van der Waals surface area contributed by atoms with Crippen LogP contribution in [0.2, 0.25) is 0 Å². The first-order valence-corrected chi connectivity index (χ1v) is 3.16. The number of hydrogen-bond donors (Lipinski definition) is 0. The summed E-state index contributed by atoms with van der Waals surface area (Å²) in [6.07, 6.45) is 1.07. The van der Waals surface area contributed by atoms with Crippen LogP contribution in [0.1, 0.15) is 20.3 Å². The first-order chi connectivity index (χ1) is 4.57. The van der Waals surface area contributed by atoms with E-state index in [2.05, 4.69) is 0 Å². The Balaban J connectivity index is 3.67. The average molecular weight is 145 g/mol. The van der Waals surface area contributed by atoms with Crippen LogP contribution in [0.15, 0.2) is 0 Å². The average Bonchev–Trinajstić information content (AvgIpc) is 1.87. The molecule has 0 fully saturated rings. The molecule has 0 saturated heterocycles. The lowest BCUT2D eigenvalue weighted by atomic mass is 10.1. The number of nitro groups is 1. The summed E-state index contributed by atoms with van der Waals surface area (Å²) in [6.45, 7) is 3.17. The first-order valence-electron chi connectivity index (χ1n) is 3.16. The molecule has 4 nitrogen and oxygen atoms in total.